The molecule has 1 atom stereocenters. The molecule has 0 radical (unpaired) electrons. The van der Waals surface area contributed by atoms with Crippen LogP contribution in [-0.2, 0) is 9.59 Å². The predicted molar refractivity (Wildman–Crippen MR) is 91.9 cm³/mol. The van der Waals surface area contributed by atoms with Gasteiger partial charge in [0.15, 0.2) is 5.13 Å². The smallest absolute Gasteiger partial charge is 0.247 e. The zero-order chi connectivity index (χ0) is 16.2. The molecule has 1 aromatic heterocycles. The van der Waals surface area contributed by atoms with Crippen molar-refractivity contribution >= 4 is 39.7 Å². The highest BCUT2D eigenvalue weighted by Gasteiger charge is 2.32. The molecule has 1 unspecified atom stereocenters. The van der Waals surface area contributed by atoms with Crippen LogP contribution in [0.5, 0.6) is 0 Å². The minimum atomic E-state index is -0.184. The molecule has 7 heteroatoms. The summed E-state index contributed by atoms with van der Waals surface area (Å²) < 4.78 is 0. The van der Waals surface area contributed by atoms with Crippen LogP contribution in [0, 0.1) is 0 Å². The van der Waals surface area contributed by atoms with Gasteiger partial charge in [-0.05, 0) is 37.1 Å². The number of rotatable bonds is 4. The number of hydrogen-bond acceptors (Lipinski definition) is 5. The first-order valence-electron chi connectivity index (χ1n) is 7.48. The van der Waals surface area contributed by atoms with Crippen LogP contribution in [0.1, 0.15) is 19.8 Å². The molecule has 1 aliphatic rings. The van der Waals surface area contributed by atoms with E-state index in [0.717, 1.165) is 30.2 Å². The average molecular weight is 330 g/mol. The summed E-state index contributed by atoms with van der Waals surface area (Å²) in [4.78, 5) is 29.9. The molecule has 6 nitrogen and oxygen atoms in total. The maximum atomic E-state index is 12.5. The number of nitrogens with zero attached hydrogens (tertiary/aromatic N) is 2. The van der Waals surface area contributed by atoms with Gasteiger partial charge in [0.2, 0.25) is 11.8 Å². The average Bonchev–Trinajstić information content (AvgIpc) is 3.19. The van der Waals surface area contributed by atoms with Crippen LogP contribution in [0.15, 0.2) is 35.8 Å². The molecule has 2 N–H and O–H groups in total. The van der Waals surface area contributed by atoms with Crippen LogP contribution in [0.4, 0.5) is 16.5 Å². The van der Waals surface area contributed by atoms with Crippen molar-refractivity contribution in [1.82, 2.24) is 4.98 Å². The molecule has 0 bridgehead atoms. The van der Waals surface area contributed by atoms with E-state index in [1.807, 2.05) is 5.38 Å². The van der Waals surface area contributed by atoms with Crippen LogP contribution >= 0.6 is 11.3 Å². The molecule has 0 saturated carbocycles. The van der Waals surface area contributed by atoms with E-state index in [2.05, 4.69) is 20.5 Å². The van der Waals surface area contributed by atoms with Crippen LogP contribution in [0.25, 0.3) is 0 Å². The molecule has 0 aliphatic carbocycles. The number of nitrogens with one attached hydrogen (secondary N) is 2. The first kappa shape index (κ1) is 15.5. The van der Waals surface area contributed by atoms with Gasteiger partial charge in [-0.1, -0.05) is 0 Å². The van der Waals surface area contributed by atoms with Crippen molar-refractivity contribution in [1.29, 1.82) is 0 Å². The largest absolute Gasteiger partial charge is 0.336 e. The second-order valence-electron chi connectivity index (χ2n) is 5.41. The molecule has 1 aromatic carbocycles. The van der Waals surface area contributed by atoms with E-state index in [1.54, 1.807) is 41.8 Å². The number of aromatic nitrogens is 1. The van der Waals surface area contributed by atoms with Gasteiger partial charge in [0.1, 0.15) is 6.04 Å². The molecule has 2 amide bonds. The number of carbonyl (C=O) groups is 2. The number of benzene rings is 1. The summed E-state index contributed by atoms with van der Waals surface area (Å²) in [6, 6.07) is 6.92. The summed E-state index contributed by atoms with van der Waals surface area (Å²) in [5, 5.41) is 8.45. The van der Waals surface area contributed by atoms with Gasteiger partial charge in [-0.25, -0.2) is 4.98 Å². The van der Waals surface area contributed by atoms with E-state index in [0.29, 0.717) is 5.69 Å². The third-order valence-electron chi connectivity index (χ3n) is 3.69. The van der Waals surface area contributed by atoms with E-state index in [4.69, 9.17) is 0 Å². The third-order valence-corrected chi connectivity index (χ3v) is 4.50. The van der Waals surface area contributed by atoms with E-state index < -0.39 is 0 Å². The van der Waals surface area contributed by atoms with E-state index >= 15 is 0 Å². The van der Waals surface area contributed by atoms with Crippen LogP contribution in [0.2, 0.25) is 0 Å². The van der Waals surface area contributed by atoms with Gasteiger partial charge in [-0.3, -0.25) is 9.59 Å². The zero-order valence-electron chi connectivity index (χ0n) is 12.8. The molecule has 23 heavy (non-hydrogen) atoms. The first-order valence-corrected chi connectivity index (χ1v) is 8.36. The fourth-order valence-corrected chi connectivity index (χ4v) is 3.41. The lowest BCUT2D eigenvalue weighted by molar-refractivity contribution is -0.117. The Kier molecular flexibility index (Phi) is 4.57. The van der Waals surface area contributed by atoms with Gasteiger partial charge in [0.05, 0.1) is 0 Å². The second kappa shape index (κ2) is 6.78. The summed E-state index contributed by atoms with van der Waals surface area (Å²) in [6.07, 6.45) is 3.57. The maximum Gasteiger partial charge on any atom is 0.247 e. The SMILES string of the molecule is CC(=O)Nc1ccc(NC(=O)C2CCCN2c2nccs2)cc1. The second-order valence-corrected chi connectivity index (χ2v) is 6.29. The molecule has 2 heterocycles. The van der Waals surface area contributed by atoms with Crippen molar-refractivity contribution in [3.63, 3.8) is 0 Å². The van der Waals surface area contributed by atoms with Crippen molar-refractivity contribution in [3.8, 4) is 0 Å². The van der Waals surface area contributed by atoms with Crippen LogP contribution < -0.4 is 15.5 Å². The Morgan fingerprint density at radius 3 is 2.52 bits per heavy atom. The highest BCUT2D eigenvalue weighted by atomic mass is 32.1. The standard InChI is InChI=1S/C16H18N4O2S/c1-11(21)18-12-4-6-13(7-5-12)19-15(22)14-3-2-9-20(14)16-17-8-10-23-16/h4-8,10,14H,2-3,9H2,1H3,(H,18,21)(H,19,22). The van der Waals surface area contributed by atoms with Gasteiger partial charge < -0.3 is 15.5 Å². The molecule has 1 saturated heterocycles. The van der Waals surface area contributed by atoms with Gasteiger partial charge >= 0.3 is 0 Å². The lowest BCUT2D eigenvalue weighted by Crippen LogP contribution is -2.39. The monoisotopic (exact) mass is 330 g/mol. The Bertz CT molecular complexity index is 685. The van der Waals surface area contributed by atoms with Crippen LogP contribution in [0.3, 0.4) is 0 Å². The van der Waals surface area contributed by atoms with Gasteiger partial charge in [0, 0.05) is 36.4 Å². The number of thiazole rings is 1. The first-order chi connectivity index (χ1) is 11.1. The normalized spacial score (nSPS) is 17.1. The molecule has 1 fully saturated rings. The van der Waals surface area contributed by atoms with Crippen molar-refractivity contribution in [2.45, 2.75) is 25.8 Å². The molecule has 0 spiro atoms. The van der Waals surface area contributed by atoms with Gasteiger partial charge in [-0.15, -0.1) is 11.3 Å². The summed E-state index contributed by atoms with van der Waals surface area (Å²) in [5.74, 6) is -0.142. The van der Waals surface area contributed by atoms with Gasteiger partial charge in [0.25, 0.3) is 0 Å². The van der Waals surface area contributed by atoms with Gasteiger partial charge in [-0.2, -0.15) is 0 Å². The van der Waals surface area contributed by atoms with Crippen molar-refractivity contribution in [2.75, 3.05) is 22.1 Å². The van der Waals surface area contributed by atoms with E-state index in [-0.39, 0.29) is 17.9 Å². The Labute approximate surface area is 138 Å². The summed E-state index contributed by atoms with van der Waals surface area (Å²) in [5.41, 5.74) is 1.43. The highest BCUT2D eigenvalue weighted by molar-refractivity contribution is 7.13. The summed E-state index contributed by atoms with van der Waals surface area (Å²) in [7, 11) is 0. The molecule has 2 aromatic rings. The fourth-order valence-electron chi connectivity index (χ4n) is 2.69. The minimum absolute atomic E-state index is 0.0232. The Morgan fingerprint density at radius 2 is 1.91 bits per heavy atom. The number of amides is 2. The number of hydrogen-bond donors (Lipinski definition) is 2. The van der Waals surface area contributed by atoms with Crippen LogP contribution in [-0.4, -0.2) is 29.4 Å². The zero-order valence-corrected chi connectivity index (χ0v) is 13.6. The molecule has 120 valence electrons. The maximum absolute atomic E-state index is 12.5. The third kappa shape index (κ3) is 3.68. The fraction of sp³-hybridized carbons (Fsp3) is 0.312. The molecule has 1 aliphatic heterocycles. The summed E-state index contributed by atoms with van der Waals surface area (Å²) >= 11 is 1.55. The lowest BCUT2D eigenvalue weighted by atomic mass is 10.2. The van der Waals surface area contributed by atoms with Crippen molar-refractivity contribution in [2.24, 2.45) is 0 Å². The molecule has 3 rings (SSSR count). The minimum Gasteiger partial charge on any atom is -0.336 e. The van der Waals surface area contributed by atoms with E-state index in [1.165, 1.54) is 6.92 Å². The Balaban J connectivity index is 1.65. The highest BCUT2D eigenvalue weighted by Crippen LogP contribution is 2.28. The topological polar surface area (TPSA) is 74.3 Å². The predicted octanol–water partition coefficient (Wildman–Crippen LogP) is 2.71. The number of anilines is 3. The summed E-state index contributed by atoms with van der Waals surface area (Å²) in [6.45, 7) is 2.32. The lowest BCUT2D eigenvalue weighted by Gasteiger charge is -2.23. The number of carbonyl (C=O) groups excluding carboxylic acids is 2. The van der Waals surface area contributed by atoms with E-state index in [9.17, 15) is 9.59 Å². The van der Waals surface area contributed by atoms with Crippen molar-refractivity contribution < 1.29 is 9.59 Å². The molecular formula is C16H18N4O2S. The Morgan fingerprint density at radius 1 is 1.22 bits per heavy atom. The van der Waals surface area contributed by atoms with Crippen molar-refractivity contribution in [3.05, 3.63) is 35.8 Å². The Hall–Kier alpha value is -2.41. The quantitative estimate of drug-likeness (QED) is 0.904. The molecular weight excluding hydrogens is 312 g/mol.